The Morgan fingerprint density at radius 2 is 1.30 bits per heavy atom. The van der Waals surface area contributed by atoms with Gasteiger partial charge in [0.1, 0.15) is 0 Å². The SMILES string of the molecule is CC(C)(C)COC(=O)CCCC(=O)OCCCCCCCCCl. The molecule has 0 aromatic rings. The van der Waals surface area contributed by atoms with Gasteiger partial charge in [0, 0.05) is 18.7 Å². The number of carbonyl (C=O) groups is 2. The molecule has 5 heteroatoms. The molecule has 0 N–H and O–H groups in total. The third kappa shape index (κ3) is 17.4. The number of hydrogen-bond acceptors (Lipinski definition) is 4. The van der Waals surface area contributed by atoms with Gasteiger partial charge in [-0.05, 0) is 24.7 Å². The minimum atomic E-state index is -0.246. The van der Waals surface area contributed by atoms with E-state index in [9.17, 15) is 9.59 Å². The predicted octanol–water partition coefficient (Wildman–Crippen LogP) is 4.87. The zero-order chi connectivity index (χ0) is 17.6. The van der Waals surface area contributed by atoms with Crippen molar-refractivity contribution >= 4 is 23.5 Å². The number of ether oxygens (including phenoxy) is 2. The highest BCUT2D eigenvalue weighted by Gasteiger charge is 2.14. The van der Waals surface area contributed by atoms with Crippen LogP contribution in [0.4, 0.5) is 0 Å². The maximum atomic E-state index is 11.5. The molecule has 0 heterocycles. The van der Waals surface area contributed by atoms with Crippen LogP contribution in [0.2, 0.25) is 0 Å². The summed E-state index contributed by atoms with van der Waals surface area (Å²) in [7, 11) is 0. The van der Waals surface area contributed by atoms with E-state index < -0.39 is 0 Å². The average Bonchev–Trinajstić information content (AvgIpc) is 2.47. The zero-order valence-electron chi connectivity index (χ0n) is 15.0. The van der Waals surface area contributed by atoms with E-state index in [-0.39, 0.29) is 30.2 Å². The Morgan fingerprint density at radius 1 is 0.783 bits per heavy atom. The number of halogens is 1. The molecule has 0 bridgehead atoms. The molecule has 0 saturated carbocycles. The molecule has 23 heavy (non-hydrogen) atoms. The lowest BCUT2D eigenvalue weighted by Gasteiger charge is -2.17. The van der Waals surface area contributed by atoms with Crippen LogP contribution in [-0.4, -0.2) is 31.0 Å². The van der Waals surface area contributed by atoms with Crippen LogP contribution in [0.5, 0.6) is 0 Å². The van der Waals surface area contributed by atoms with Gasteiger partial charge in [-0.2, -0.15) is 0 Å². The molecule has 0 unspecified atom stereocenters. The molecule has 0 atom stereocenters. The topological polar surface area (TPSA) is 52.6 Å². The van der Waals surface area contributed by atoms with Gasteiger partial charge in [0.2, 0.25) is 0 Å². The molecule has 4 nitrogen and oxygen atoms in total. The number of hydrogen-bond donors (Lipinski definition) is 0. The fourth-order valence-corrected chi connectivity index (χ4v) is 2.10. The first-order chi connectivity index (χ1) is 10.8. The molecule has 0 fully saturated rings. The quantitative estimate of drug-likeness (QED) is 0.271. The summed E-state index contributed by atoms with van der Waals surface area (Å²) >= 11 is 5.61. The Labute approximate surface area is 146 Å². The van der Waals surface area contributed by atoms with Crippen LogP contribution in [0, 0.1) is 5.41 Å². The molecular weight excluding hydrogens is 316 g/mol. The molecule has 0 aromatic heterocycles. The summed E-state index contributed by atoms with van der Waals surface area (Å²) in [5.41, 5.74) is -0.0292. The lowest BCUT2D eigenvalue weighted by molar-refractivity contribution is -0.147. The van der Waals surface area contributed by atoms with Crippen molar-refractivity contribution in [2.24, 2.45) is 5.41 Å². The van der Waals surface area contributed by atoms with Gasteiger partial charge in [-0.25, -0.2) is 0 Å². The molecule has 0 saturated heterocycles. The van der Waals surface area contributed by atoms with Crippen LogP contribution in [-0.2, 0) is 19.1 Å². The summed E-state index contributed by atoms with van der Waals surface area (Å²) in [6.07, 6.45) is 7.62. The van der Waals surface area contributed by atoms with Crippen LogP contribution in [0.25, 0.3) is 0 Å². The van der Waals surface area contributed by atoms with Crippen molar-refractivity contribution in [2.75, 3.05) is 19.1 Å². The number of alkyl halides is 1. The first-order valence-electron chi connectivity index (χ1n) is 8.72. The standard InChI is InChI=1S/C18H33ClO4/c1-18(2,3)15-23-17(21)12-10-11-16(20)22-14-9-7-5-4-6-8-13-19/h4-15H2,1-3H3. The second kappa shape index (κ2) is 13.6. The monoisotopic (exact) mass is 348 g/mol. The number of esters is 2. The van der Waals surface area contributed by atoms with Gasteiger partial charge >= 0.3 is 11.9 Å². The lowest BCUT2D eigenvalue weighted by atomic mass is 9.99. The van der Waals surface area contributed by atoms with Crippen molar-refractivity contribution in [1.29, 1.82) is 0 Å². The van der Waals surface area contributed by atoms with E-state index in [1.807, 2.05) is 20.8 Å². The van der Waals surface area contributed by atoms with E-state index in [2.05, 4.69) is 0 Å². The van der Waals surface area contributed by atoms with Crippen LogP contribution in [0.1, 0.15) is 78.6 Å². The summed E-state index contributed by atoms with van der Waals surface area (Å²) in [5, 5.41) is 0. The highest BCUT2D eigenvalue weighted by molar-refractivity contribution is 6.17. The maximum Gasteiger partial charge on any atom is 0.305 e. The summed E-state index contributed by atoms with van der Waals surface area (Å²) in [6.45, 7) is 6.91. The van der Waals surface area contributed by atoms with Crippen LogP contribution in [0.15, 0.2) is 0 Å². The van der Waals surface area contributed by atoms with Crippen molar-refractivity contribution in [3.8, 4) is 0 Å². The number of unbranched alkanes of at least 4 members (excludes halogenated alkanes) is 5. The van der Waals surface area contributed by atoms with Crippen molar-refractivity contribution in [1.82, 2.24) is 0 Å². The number of rotatable bonds is 13. The third-order valence-electron chi connectivity index (χ3n) is 3.22. The average molecular weight is 349 g/mol. The Bertz CT molecular complexity index is 323. The molecule has 0 aliphatic heterocycles. The molecular formula is C18H33ClO4. The van der Waals surface area contributed by atoms with E-state index >= 15 is 0 Å². The fraction of sp³-hybridized carbons (Fsp3) is 0.889. The molecule has 0 spiro atoms. The molecule has 0 aliphatic carbocycles. The normalized spacial score (nSPS) is 11.3. The smallest absolute Gasteiger partial charge is 0.305 e. The minimum absolute atomic E-state index is 0.0292. The first kappa shape index (κ1) is 22.2. The summed E-state index contributed by atoms with van der Waals surface area (Å²) in [6, 6.07) is 0. The van der Waals surface area contributed by atoms with Gasteiger partial charge in [0.05, 0.1) is 13.2 Å². The van der Waals surface area contributed by atoms with E-state index in [1.165, 1.54) is 12.8 Å². The summed E-state index contributed by atoms with van der Waals surface area (Å²) in [5.74, 6) is 0.266. The molecule has 0 aliphatic rings. The van der Waals surface area contributed by atoms with Gasteiger partial charge in [0.25, 0.3) is 0 Å². The van der Waals surface area contributed by atoms with Gasteiger partial charge in [0.15, 0.2) is 0 Å². The molecule has 0 aromatic carbocycles. The van der Waals surface area contributed by atoms with Crippen molar-refractivity contribution < 1.29 is 19.1 Å². The first-order valence-corrected chi connectivity index (χ1v) is 9.26. The largest absolute Gasteiger partial charge is 0.466 e. The van der Waals surface area contributed by atoms with Gasteiger partial charge in [-0.3, -0.25) is 9.59 Å². The maximum absolute atomic E-state index is 11.5. The van der Waals surface area contributed by atoms with Crippen LogP contribution < -0.4 is 0 Å². The summed E-state index contributed by atoms with van der Waals surface area (Å²) in [4.78, 5) is 23.0. The Kier molecular flexibility index (Phi) is 13.2. The van der Waals surface area contributed by atoms with Crippen LogP contribution >= 0.6 is 11.6 Å². The van der Waals surface area contributed by atoms with Gasteiger partial charge in [-0.15, -0.1) is 11.6 Å². The highest BCUT2D eigenvalue weighted by atomic mass is 35.5. The number of carbonyl (C=O) groups excluding carboxylic acids is 2. The lowest BCUT2D eigenvalue weighted by Crippen LogP contribution is -2.18. The second-order valence-corrected chi connectivity index (χ2v) is 7.48. The Morgan fingerprint density at radius 3 is 1.87 bits per heavy atom. The molecule has 0 rings (SSSR count). The van der Waals surface area contributed by atoms with Gasteiger partial charge in [-0.1, -0.05) is 46.5 Å². The van der Waals surface area contributed by atoms with E-state index in [4.69, 9.17) is 21.1 Å². The van der Waals surface area contributed by atoms with Crippen molar-refractivity contribution in [2.45, 2.75) is 78.6 Å². The van der Waals surface area contributed by atoms with Crippen LogP contribution in [0.3, 0.4) is 0 Å². The predicted molar refractivity (Wildman–Crippen MR) is 93.6 cm³/mol. The van der Waals surface area contributed by atoms with E-state index in [1.54, 1.807) is 0 Å². The van der Waals surface area contributed by atoms with E-state index in [0.717, 1.165) is 31.6 Å². The molecule has 0 radical (unpaired) electrons. The summed E-state index contributed by atoms with van der Waals surface area (Å²) < 4.78 is 10.3. The molecule has 136 valence electrons. The third-order valence-corrected chi connectivity index (χ3v) is 3.49. The molecule has 0 amide bonds. The van der Waals surface area contributed by atoms with E-state index in [0.29, 0.717) is 19.6 Å². The zero-order valence-corrected chi connectivity index (χ0v) is 15.8. The fourth-order valence-electron chi connectivity index (χ4n) is 1.91. The van der Waals surface area contributed by atoms with Crippen molar-refractivity contribution in [3.63, 3.8) is 0 Å². The van der Waals surface area contributed by atoms with Gasteiger partial charge < -0.3 is 9.47 Å². The Balaban J connectivity index is 3.42. The highest BCUT2D eigenvalue weighted by Crippen LogP contribution is 2.13. The van der Waals surface area contributed by atoms with Crippen molar-refractivity contribution in [3.05, 3.63) is 0 Å². The second-order valence-electron chi connectivity index (χ2n) is 7.11. The Hall–Kier alpha value is -0.770. The minimum Gasteiger partial charge on any atom is -0.466 e.